The van der Waals surface area contributed by atoms with Crippen molar-refractivity contribution in [3.05, 3.63) is 0 Å². The summed E-state index contributed by atoms with van der Waals surface area (Å²) < 4.78 is 4.86. The second kappa shape index (κ2) is 6.63. The van der Waals surface area contributed by atoms with E-state index in [1.165, 1.54) is 0 Å². The van der Waals surface area contributed by atoms with Crippen LogP contribution in [0, 0.1) is 0 Å². The molecule has 0 spiro atoms. The van der Waals surface area contributed by atoms with Crippen LogP contribution in [-0.4, -0.2) is 53.6 Å². The Morgan fingerprint density at radius 2 is 2.13 bits per heavy atom. The maximum Gasteiger partial charge on any atom is 0.410 e. The molecular weight excluding hydrogens is 198 g/mol. The number of carbonyl (C=O) groups excluding carboxylic acids is 1. The highest BCUT2D eigenvalue weighted by molar-refractivity contribution is 5.68. The summed E-state index contributed by atoms with van der Waals surface area (Å²) in [5.41, 5.74) is 0. The minimum absolute atomic E-state index is 0.0428. The highest BCUT2D eigenvalue weighted by Gasteiger charge is 2.26. The monoisotopic (exact) mass is 217 g/mol. The average Bonchev–Trinajstić information content (AvgIpc) is 2.27. The van der Waals surface area contributed by atoms with Gasteiger partial charge in [-0.3, -0.25) is 0 Å². The number of hydrogen-bond donors (Lipinski definition) is 2. The third kappa shape index (κ3) is 3.68. The van der Waals surface area contributed by atoms with Gasteiger partial charge in [0.1, 0.15) is 6.61 Å². The summed E-state index contributed by atoms with van der Waals surface area (Å²) in [6.45, 7) is 0.675. The highest BCUT2D eigenvalue weighted by Crippen LogP contribution is 2.20. The van der Waals surface area contributed by atoms with Crippen LogP contribution in [0.3, 0.4) is 0 Å². The Morgan fingerprint density at radius 3 is 2.80 bits per heavy atom. The van der Waals surface area contributed by atoms with Crippen molar-refractivity contribution >= 4 is 6.09 Å². The predicted molar refractivity (Wildman–Crippen MR) is 54.5 cm³/mol. The Hall–Kier alpha value is -0.810. The van der Waals surface area contributed by atoms with E-state index in [2.05, 4.69) is 0 Å². The van der Waals surface area contributed by atoms with Gasteiger partial charge in [0, 0.05) is 19.2 Å². The molecule has 0 radical (unpaired) electrons. The fraction of sp³-hybridized carbons (Fsp3) is 0.900. The van der Waals surface area contributed by atoms with E-state index in [-0.39, 0.29) is 32.0 Å². The molecule has 0 saturated carbocycles. The summed E-state index contributed by atoms with van der Waals surface area (Å²) in [5, 5.41) is 17.4. The van der Waals surface area contributed by atoms with Gasteiger partial charge in [0.2, 0.25) is 0 Å². The van der Waals surface area contributed by atoms with Gasteiger partial charge in [0.25, 0.3) is 0 Å². The molecule has 1 fully saturated rings. The SMILES string of the molecule is O=C(OCCO)N1CCCCC1CCO. The molecule has 1 saturated heterocycles. The Morgan fingerprint density at radius 1 is 1.33 bits per heavy atom. The lowest BCUT2D eigenvalue weighted by Gasteiger charge is -2.34. The molecule has 1 heterocycles. The van der Waals surface area contributed by atoms with Crippen LogP contribution in [0.5, 0.6) is 0 Å². The first-order chi connectivity index (χ1) is 7.29. The standard InChI is InChI=1S/C10H19NO4/c12-6-4-9-3-1-2-5-11(9)10(14)15-8-7-13/h9,12-13H,1-8H2. The summed E-state index contributed by atoms with van der Waals surface area (Å²) in [6.07, 6.45) is 3.23. The van der Waals surface area contributed by atoms with Crippen LogP contribution in [0.4, 0.5) is 4.79 Å². The van der Waals surface area contributed by atoms with Gasteiger partial charge in [0.15, 0.2) is 0 Å². The van der Waals surface area contributed by atoms with E-state index in [1.807, 2.05) is 0 Å². The Balaban J connectivity index is 2.43. The van der Waals surface area contributed by atoms with Crippen LogP contribution >= 0.6 is 0 Å². The normalized spacial score (nSPS) is 21.5. The van der Waals surface area contributed by atoms with Crippen molar-refractivity contribution in [3.63, 3.8) is 0 Å². The van der Waals surface area contributed by atoms with Crippen molar-refractivity contribution in [2.75, 3.05) is 26.4 Å². The maximum atomic E-state index is 11.6. The average molecular weight is 217 g/mol. The molecule has 0 aromatic heterocycles. The van der Waals surface area contributed by atoms with Gasteiger partial charge in [-0.2, -0.15) is 0 Å². The minimum atomic E-state index is -0.373. The topological polar surface area (TPSA) is 70.0 Å². The molecule has 5 nitrogen and oxygen atoms in total. The van der Waals surface area contributed by atoms with Gasteiger partial charge < -0.3 is 19.8 Å². The smallest absolute Gasteiger partial charge is 0.410 e. The number of aliphatic hydroxyl groups excluding tert-OH is 2. The van der Waals surface area contributed by atoms with Crippen LogP contribution in [0.15, 0.2) is 0 Å². The minimum Gasteiger partial charge on any atom is -0.447 e. The molecule has 2 N–H and O–H groups in total. The van der Waals surface area contributed by atoms with Crippen molar-refractivity contribution in [3.8, 4) is 0 Å². The summed E-state index contributed by atoms with van der Waals surface area (Å²) in [6, 6.07) is 0.0925. The van der Waals surface area contributed by atoms with Crippen molar-refractivity contribution in [2.45, 2.75) is 31.7 Å². The Bertz CT molecular complexity index is 196. The van der Waals surface area contributed by atoms with Gasteiger partial charge in [-0.1, -0.05) is 0 Å². The van der Waals surface area contributed by atoms with Crippen molar-refractivity contribution in [1.29, 1.82) is 0 Å². The van der Waals surface area contributed by atoms with Crippen LogP contribution < -0.4 is 0 Å². The fourth-order valence-corrected chi connectivity index (χ4v) is 1.91. The Labute approximate surface area is 89.6 Å². The molecule has 1 atom stereocenters. The van der Waals surface area contributed by atoms with E-state index in [4.69, 9.17) is 14.9 Å². The number of hydrogen-bond acceptors (Lipinski definition) is 4. The van der Waals surface area contributed by atoms with Crippen molar-refractivity contribution in [1.82, 2.24) is 4.90 Å². The summed E-state index contributed by atoms with van der Waals surface area (Å²) in [4.78, 5) is 13.2. The number of carbonyl (C=O) groups is 1. The van der Waals surface area contributed by atoms with Crippen molar-refractivity contribution in [2.24, 2.45) is 0 Å². The van der Waals surface area contributed by atoms with E-state index in [1.54, 1.807) is 4.90 Å². The number of nitrogens with zero attached hydrogens (tertiary/aromatic N) is 1. The Kier molecular flexibility index (Phi) is 5.42. The molecule has 1 aliphatic rings. The molecule has 5 heteroatoms. The zero-order valence-corrected chi connectivity index (χ0v) is 8.89. The highest BCUT2D eigenvalue weighted by atomic mass is 16.6. The molecule has 1 rings (SSSR count). The van der Waals surface area contributed by atoms with Gasteiger partial charge in [-0.25, -0.2) is 4.79 Å². The number of piperidine rings is 1. The van der Waals surface area contributed by atoms with Gasteiger partial charge in [-0.05, 0) is 25.7 Å². The van der Waals surface area contributed by atoms with Gasteiger partial charge in [0.05, 0.1) is 6.61 Å². The number of likely N-dealkylation sites (tertiary alicyclic amines) is 1. The predicted octanol–water partition coefficient (Wildman–Crippen LogP) is 0.352. The lowest BCUT2D eigenvalue weighted by molar-refractivity contribution is 0.0548. The molecule has 1 amide bonds. The molecular formula is C10H19NO4. The fourth-order valence-electron chi connectivity index (χ4n) is 1.91. The van der Waals surface area contributed by atoms with Crippen molar-refractivity contribution < 1.29 is 19.7 Å². The second-order valence-electron chi connectivity index (χ2n) is 3.69. The first-order valence-corrected chi connectivity index (χ1v) is 5.44. The summed E-state index contributed by atoms with van der Waals surface area (Å²) >= 11 is 0. The van der Waals surface area contributed by atoms with E-state index in [0.717, 1.165) is 19.3 Å². The van der Waals surface area contributed by atoms with E-state index >= 15 is 0 Å². The molecule has 0 aromatic carbocycles. The van der Waals surface area contributed by atoms with Crippen LogP contribution in [-0.2, 0) is 4.74 Å². The largest absolute Gasteiger partial charge is 0.447 e. The third-order valence-electron chi connectivity index (χ3n) is 2.64. The van der Waals surface area contributed by atoms with Crippen LogP contribution in [0.2, 0.25) is 0 Å². The van der Waals surface area contributed by atoms with Crippen LogP contribution in [0.25, 0.3) is 0 Å². The number of amides is 1. The van der Waals surface area contributed by atoms with E-state index in [0.29, 0.717) is 13.0 Å². The lowest BCUT2D eigenvalue weighted by Crippen LogP contribution is -2.44. The molecule has 88 valence electrons. The van der Waals surface area contributed by atoms with E-state index in [9.17, 15) is 4.79 Å². The number of rotatable bonds is 4. The zero-order valence-electron chi connectivity index (χ0n) is 8.89. The zero-order chi connectivity index (χ0) is 11.1. The molecule has 1 aliphatic heterocycles. The first-order valence-electron chi connectivity index (χ1n) is 5.44. The van der Waals surface area contributed by atoms with E-state index < -0.39 is 0 Å². The number of ether oxygens (including phenoxy) is 1. The van der Waals surface area contributed by atoms with Gasteiger partial charge >= 0.3 is 6.09 Å². The second-order valence-corrected chi connectivity index (χ2v) is 3.69. The molecule has 15 heavy (non-hydrogen) atoms. The summed E-state index contributed by atoms with van der Waals surface area (Å²) in [5.74, 6) is 0. The molecule has 0 bridgehead atoms. The molecule has 1 unspecified atom stereocenters. The lowest BCUT2D eigenvalue weighted by atomic mass is 10.0. The molecule has 0 aromatic rings. The number of aliphatic hydroxyl groups is 2. The molecule has 0 aliphatic carbocycles. The third-order valence-corrected chi connectivity index (χ3v) is 2.64. The quantitative estimate of drug-likeness (QED) is 0.713. The van der Waals surface area contributed by atoms with Crippen LogP contribution in [0.1, 0.15) is 25.7 Å². The maximum absolute atomic E-state index is 11.6. The first kappa shape index (κ1) is 12.3. The summed E-state index contributed by atoms with van der Waals surface area (Å²) in [7, 11) is 0. The van der Waals surface area contributed by atoms with Gasteiger partial charge in [-0.15, -0.1) is 0 Å².